The number of anilines is 1. The van der Waals surface area contributed by atoms with E-state index in [2.05, 4.69) is 10.2 Å². The average molecular weight is 272 g/mol. The van der Waals surface area contributed by atoms with Crippen molar-refractivity contribution in [2.75, 3.05) is 18.1 Å². The number of aromatic nitrogens is 3. The molecule has 0 saturated heterocycles. The van der Waals surface area contributed by atoms with Crippen molar-refractivity contribution < 1.29 is 9.53 Å². The molecule has 0 amide bonds. The van der Waals surface area contributed by atoms with Gasteiger partial charge in [0.05, 0.1) is 6.61 Å². The van der Waals surface area contributed by atoms with Crippen LogP contribution in [0.3, 0.4) is 0 Å². The van der Waals surface area contributed by atoms with Crippen molar-refractivity contribution >= 4 is 23.7 Å². The number of hydrogen-bond acceptors (Lipinski definition) is 6. The number of carbonyl (C=O) groups is 1. The fraction of sp³-hybridized carbons (Fsp3) is 0.727. The van der Waals surface area contributed by atoms with E-state index in [4.69, 9.17) is 10.5 Å². The predicted molar refractivity (Wildman–Crippen MR) is 71.2 cm³/mol. The van der Waals surface area contributed by atoms with Gasteiger partial charge in [0.25, 0.3) is 0 Å². The fourth-order valence-electron chi connectivity index (χ4n) is 1.40. The van der Waals surface area contributed by atoms with Crippen LogP contribution < -0.4 is 5.73 Å². The predicted octanol–water partition coefficient (Wildman–Crippen LogP) is 1.61. The zero-order valence-electron chi connectivity index (χ0n) is 10.9. The molecule has 1 rings (SSSR count). The summed E-state index contributed by atoms with van der Waals surface area (Å²) >= 11 is 1.63. The third kappa shape index (κ3) is 4.95. The minimum absolute atomic E-state index is 0.105. The molecular formula is C11H20N4O2S. The summed E-state index contributed by atoms with van der Waals surface area (Å²) in [6.45, 7) is 2.28. The highest BCUT2D eigenvalue weighted by molar-refractivity contribution is 7.99. The molecule has 0 saturated carbocycles. The Hall–Kier alpha value is -1.24. The molecule has 0 bridgehead atoms. The van der Waals surface area contributed by atoms with Crippen LogP contribution in [0.4, 0.5) is 5.95 Å². The second-order valence-electron chi connectivity index (χ2n) is 3.86. The molecule has 1 heterocycles. The molecule has 1 aromatic heterocycles. The highest BCUT2D eigenvalue weighted by Crippen LogP contribution is 2.18. The SMILES string of the molecule is CCOC(=O)CCCCCSc1nnc(N)n1C. The Morgan fingerprint density at radius 1 is 1.39 bits per heavy atom. The van der Waals surface area contributed by atoms with Crippen molar-refractivity contribution in [3.63, 3.8) is 0 Å². The van der Waals surface area contributed by atoms with Crippen LogP contribution in [0.2, 0.25) is 0 Å². The lowest BCUT2D eigenvalue weighted by Crippen LogP contribution is -2.03. The molecule has 1 aromatic rings. The van der Waals surface area contributed by atoms with Crippen LogP contribution in [0, 0.1) is 0 Å². The van der Waals surface area contributed by atoms with Crippen molar-refractivity contribution in [2.45, 2.75) is 37.8 Å². The maximum Gasteiger partial charge on any atom is 0.305 e. The van der Waals surface area contributed by atoms with Gasteiger partial charge in [0.1, 0.15) is 0 Å². The standard InChI is InChI=1S/C11H20N4O2S/c1-3-17-9(16)7-5-4-6-8-18-11-14-13-10(12)15(11)2/h3-8H2,1-2H3,(H2,12,13). The molecule has 102 valence electrons. The third-order valence-corrected chi connectivity index (χ3v) is 3.54. The number of carbonyl (C=O) groups excluding carboxylic acids is 1. The van der Waals surface area contributed by atoms with Crippen molar-refractivity contribution in [1.29, 1.82) is 0 Å². The van der Waals surface area contributed by atoms with Crippen molar-refractivity contribution in [3.8, 4) is 0 Å². The first-order valence-electron chi connectivity index (χ1n) is 6.08. The number of nitrogens with two attached hydrogens (primary N) is 1. The summed E-state index contributed by atoms with van der Waals surface area (Å²) in [5.74, 6) is 1.28. The molecule has 0 spiro atoms. The highest BCUT2D eigenvalue weighted by Gasteiger charge is 2.05. The lowest BCUT2D eigenvalue weighted by molar-refractivity contribution is -0.143. The Morgan fingerprint density at radius 2 is 2.17 bits per heavy atom. The van der Waals surface area contributed by atoms with Gasteiger partial charge in [0.15, 0.2) is 5.16 Å². The smallest absolute Gasteiger partial charge is 0.305 e. The van der Waals surface area contributed by atoms with Crippen molar-refractivity contribution in [3.05, 3.63) is 0 Å². The molecule has 2 N–H and O–H groups in total. The number of nitrogens with zero attached hydrogens (tertiary/aromatic N) is 3. The monoisotopic (exact) mass is 272 g/mol. The van der Waals surface area contributed by atoms with E-state index in [9.17, 15) is 4.79 Å². The first kappa shape index (κ1) is 14.8. The zero-order valence-corrected chi connectivity index (χ0v) is 11.7. The Bertz CT molecular complexity index is 381. The molecule has 0 fully saturated rings. The molecule has 0 radical (unpaired) electrons. The largest absolute Gasteiger partial charge is 0.466 e. The molecule has 0 atom stereocenters. The molecule has 0 aliphatic rings. The molecule has 0 unspecified atom stereocenters. The third-order valence-electron chi connectivity index (χ3n) is 2.43. The normalized spacial score (nSPS) is 10.6. The van der Waals surface area contributed by atoms with E-state index in [0.29, 0.717) is 19.0 Å². The minimum Gasteiger partial charge on any atom is -0.466 e. The van der Waals surface area contributed by atoms with Crippen LogP contribution in [0.1, 0.15) is 32.6 Å². The molecule has 0 aliphatic heterocycles. The first-order chi connectivity index (χ1) is 8.65. The molecule has 6 nitrogen and oxygen atoms in total. The summed E-state index contributed by atoms with van der Waals surface area (Å²) in [5, 5.41) is 8.58. The Labute approximate surface area is 111 Å². The van der Waals surface area contributed by atoms with Gasteiger partial charge < -0.3 is 10.5 Å². The maximum absolute atomic E-state index is 11.1. The number of thioether (sulfide) groups is 1. The van der Waals surface area contributed by atoms with E-state index in [1.807, 2.05) is 14.0 Å². The number of rotatable bonds is 8. The van der Waals surface area contributed by atoms with Gasteiger partial charge in [-0.1, -0.05) is 18.2 Å². The quantitative estimate of drug-likeness (QED) is 0.440. The maximum atomic E-state index is 11.1. The second kappa shape index (κ2) is 7.97. The van der Waals surface area contributed by atoms with Gasteiger partial charge in [-0.3, -0.25) is 9.36 Å². The van der Waals surface area contributed by atoms with Gasteiger partial charge in [-0.25, -0.2) is 0 Å². The zero-order chi connectivity index (χ0) is 13.4. The number of nitrogen functional groups attached to an aromatic ring is 1. The van der Waals surface area contributed by atoms with Gasteiger partial charge >= 0.3 is 5.97 Å². The van der Waals surface area contributed by atoms with Gasteiger partial charge in [0, 0.05) is 19.2 Å². The second-order valence-corrected chi connectivity index (χ2v) is 4.93. The summed E-state index contributed by atoms with van der Waals surface area (Å²) < 4.78 is 6.62. The van der Waals surface area contributed by atoms with Gasteiger partial charge in [0.2, 0.25) is 5.95 Å². The molecule has 18 heavy (non-hydrogen) atoms. The number of hydrogen-bond donors (Lipinski definition) is 1. The topological polar surface area (TPSA) is 83.0 Å². The molecule has 7 heteroatoms. The van der Waals surface area contributed by atoms with E-state index in [-0.39, 0.29) is 5.97 Å². The fourth-order valence-corrected chi connectivity index (χ4v) is 2.31. The van der Waals surface area contributed by atoms with Crippen LogP contribution in [0.5, 0.6) is 0 Å². The molecule has 0 aromatic carbocycles. The first-order valence-corrected chi connectivity index (χ1v) is 7.07. The number of ether oxygens (including phenoxy) is 1. The van der Waals surface area contributed by atoms with E-state index < -0.39 is 0 Å². The number of unbranched alkanes of at least 4 members (excludes halogenated alkanes) is 2. The summed E-state index contributed by atoms with van der Waals surface area (Å²) in [6.07, 6.45) is 3.44. The Morgan fingerprint density at radius 3 is 2.78 bits per heavy atom. The van der Waals surface area contributed by atoms with Crippen LogP contribution in [0.25, 0.3) is 0 Å². The van der Waals surface area contributed by atoms with Crippen LogP contribution in [-0.2, 0) is 16.6 Å². The van der Waals surface area contributed by atoms with E-state index >= 15 is 0 Å². The van der Waals surface area contributed by atoms with E-state index in [1.54, 1.807) is 16.3 Å². The summed E-state index contributed by atoms with van der Waals surface area (Å²) in [5.41, 5.74) is 5.58. The lowest BCUT2D eigenvalue weighted by Gasteiger charge is -2.02. The molecular weight excluding hydrogens is 252 g/mol. The van der Waals surface area contributed by atoms with Crippen LogP contribution >= 0.6 is 11.8 Å². The van der Waals surface area contributed by atoms with Crippen molar-refractivity contribution in [1.82, 2.24) is 14.8 Å². The summed E-state index contributed by atoms with van der Waals surface area (Å²) in [4.78, 5) is 11.1. The Kier molecular flexibility index (Phi) is 6.56. The van der Waals surface area contributed by atoms with Gasteiger partial charge in [-0.15, -0.1) is 10.2 Å². The minimum atomic E-state index is -0.105. The van der Waals surface area contributed by atoms with Crippen LogP contribution in [0.15, 0.2) is 5.16 Å². The van der Waals surface area contributed by atoms with Gasteiger partial charge in [-0.05, 0) is 19.8 Å². The lowest BCUT2D eigenvalue weighted by atomic mass is 10.2. The van der Waals surface area contributed by atoms with E-state index in [1.165, 1.54) is 0 Å². The average Bonchev–Trinajstić information content (AvgIpc) is 2.65. The van der Waals surface area contributed by atoms with Gasteiger partial charge in [-0.2, -0.15) is 0 Å². The molecule has 0 aliphatic carbocycles. The van der Waals surface area contributed by atoms with Crippen molar-refractivity contribution in [2.24, 2.45) is 7.05 Å². The van der Waals surface area contributed by atoms with E-state index in [0.717, 1.165) is 30.2 Å². The number of esters is 1. The highest BCUT2D eigenvalue weighted by atomic mass is 32.2. The summed E-state index contributed by atoms with van der Waals surface area (Å²) in [6, 6.07) is 0. The Balaban J connectivity index is 2.05. The van der Waals surface area contributed by atoms with Crippen LogP contribution in [-0.4, -0.2) is 33.1 Å². The summed E-state index contributed by atoms with van der Waals surface area (Å²) in [7, 11) is 1.85.